The molecule has 0 bridgehead atoms. The molecule has 2 rings (SSSR count). The van der Waals surface area contributed by atoms with E-state index in [4.69, 9.17) is 16.9 Å². The lowest BCUT2D eigenvalue weighted by Crippen LogP contribution is -2.01. The molecule has 0 heterocycles. The van der Waals surface area contributed by atoms with Crippen LogP contribution in [0.5, 0.6) is 0 Å². The smallest absolute Gasteiger partial charge is 0.258 e. The van der Waals surface area contributed by atoms with E-state index in [-0.39, 0.29) is 16.3 Å². The highest BCUT2D eigenvalue weighted by molar-refractivity contribution is 7.84. The lowest BCUT2D eigenvalue weighted by atomic mass is 10.2. The summed E-state index contributed by atoms with van der Waals surface area (Å²) in [6.45, 7) is 0. The van der Waals surface area contributed by atoms with E-state index in [2.05, 4.69) is 0 Å². The lowest BCUT2D eigenvalue weighted by Gasteiger charge is -2.06. The number of para-hydroxylation sites is 1. The van der Waals surface area contributed by atoms with E-state index in [9.17, 15) is 14.3 Å². The average Bonchev–Trinajstić information content (AvgIpc) is 2.49. The van der Waals surface area contributed by atoms with Crippen molar-refractivity contribution in [1.82, 2.24) is 0 Å². The van der Waals surface area contributed by atoms with Gasteiger partial charge in [0, 0.05) is 11.1 Å². The molecular weight excluding hydrogens is 312 g/mol. The third-order valence-electron chi connectivity index (χ3n) is 2.78. The van der Waals surface area contributed by atoms with Crippen LogP contribution < -0.4 is 0 Å². The molecule has 0 saturated heterocycles. The van der Waals surface area contributed by atoms with Gasteiger partial charge in [0.2, 0.25) is 0 Å². The van der Waals surface area contributed by atoms with Gasteiger partial charge in [-0.2, -0.15) is 5.26 Å². The van der Waals surface area contributed by atoms with E-state index >= 15 is 0 Å². The number of nitro groups is 1. The first kappa shape index (κ1) is 15.2. The molecule has 0 spiro atoms. The van der Waals surface area contributed by atoms with Crippen molar-refractivity contribution in [2.75, 3.05) is 0 Å². The van der Waals surface area contributed by atoms with Crippen molar-refractivity contribution >= 4 is 28.1 Å². The molecule has 7 heteroatoms. The number of nitriles is 1. The number of hydrogen-bond acceptors (Lipinski definition) is 4. The number of hydrogen-bond donors (Lipinski definition) is 0. The van der Waals surface area contributed by atoms with Gasteiger partial charge in [0.05, 0.1) is 33.1 Å². The maximum atomic E-state index is 12.3. The van der Waals surface area contributed by atoms with Gasteiger partial charge in [-0.15, -0.1) is 0 Å². The fourth-order valence-electron chi connectivity index (χ4n) is 1.75. The largest absolute Gasteiger partial charge is 0.285 e. The van der Waals surface area contributed by atoms with E-state index in [1.165, 1.54) is 24.3 Å². The third-order valence-corrected chi connectivity index (χ3v) is 4.54. The molecule has 21 heavy (non-hydrogen) atoms. The Hall–Kier alpha value is -2.23. The Balaban J connectivity index is 2.31. The fraction of sp³-hybridized carbons (Fsp3) is 0.0714. The van der Waals surface area contributed by atoms with Crippen LogP contribution in [0.4, 0.5) is 5.69 Å². The predicted octanol–water partition coefficient (Wildman–Crippen LogP) is 3.43. The Morgan fingerprint density at radius 1 is 1.29 bits per heavy atom. The highest BCUT2D eigenvalue weighted by atomic mass is 35.5. The summed E-state index contributed by atoms with van der Waals surface area (Å²) in [7, 11) is -1.59. The van der Waals surface area contributed by atoms with Crippen LogP contribution >= 0.6 is 11.6 Å². The van der Waals surface area contributed by atoms with Gasteiger partial charge in [-0.25, -0.2) is 0 Å². The molecule has 2 aromatic carbocycles. The van der Waals surface area contributed by atoms with Gasteiger partial charge < -0.3 is 0 Å². The Labute approximate surface area is 128 Å². The van der Waals surface area contributed by atoms with Crippen molar-refractivity contribution in [1.29, 1.82) is 5.26 Å². The minimum Gasteiger partial charge on any atom is -0.258 e. The van der Waals surface area contributed by atoms with Crippen LogP contribution in [0.2, 0.25) is 5.02 Å². The van der Waals surface area contributed by atoms with Gasteiger partial charge in [0.15, 0.2) is 0 Å². The summed E-state index contributed by atoms with van der Waals surface area (Å²) in [5, 5.41) is 20.0. The summed E-state index contributed by atoms with van der Waals surface area (Å²) in [5.74, 6) is 0.0510. The zero-order valence-corrected chi connectivity index (χ0v) is 12.2. The molecule has 0 radical (unpaired) electrons. The zero-order valence-electron chi connectivity index (χ0n) is 10.7. The first-order valence-corrected chi connectivity index (χ1v) is 7.53. The molecule has 1 atom stereocenters. The van der Waals surface area contributed by atoms with Crippen LogP contribution in [-0.2, 0) is 16.6 Å². The molecule has 0 N–H and O–H groups in total. The van der Waals surface area contributed by atoms with Gasteiger partial charge in [-0.3, -0.25) is 14.3 Å². The highest BCUT2D eigenvalue weighted by Crippen LogP contribution is 2.26. The molecule has 0 aromatic heterocycles. The van der Waals surface area contributed by atoms with Crippen LogP contribution in [0.25, 0.3) is 0 Å². The Morgan fingerprint density at radius 2 is 2.00 bits per heavy atom. The minimum absolute atomic E-state index is 0.0510. The number of benzene rings is 2. The highest BCUT2D eigenvalue weighted by Gasteiger charge is 2.19. The van der Waals surface area contributed by atoms with Crippen LogP contribution in [0.1, 0.15) is 11.1 Å². The standard InChI is InChI=1S/C14H9ClN2O3S/c15-12-7-10(8-16)5-6-11(12)9-21(20)14-4-2-1-3-13(14)17(18)19/h1-7H,9H2. The van der Waals surface area contributed by atoms with E-state index in [0.717, 1.165) is 0 Å². The number of nitrogens with zero attached hydrogens (tertiary/aromatic N) is 2. The Morgan fingerprint density at radius 3 is 2.62 bits per heavy atom. The topological polar surface area (TPSA) is 84.0 Å². The number of nitro benzene ring substituents is 1. The summed E-state index contributed by atoms with van der Waals surface area (Å²) >= 11 is 6.02. The molecule has 0 aliphatic heterocycles. The van der Waals surface area contributed by atoms with Crippen LogP contribution in [0.3, 0.4) is 0 Å². The molecule has 0 saturated carbocycles. The first-order chi connectivity index (χ1) is 10.0. The number of halogens is 1. The fourth-order valence-corrected chi connectivity index (χ4v) is 3.38. The minimum atomic E-state index is -1.59. The van der Waals surface area contributed by atoms with E-state index in [1.807, 2.05) is 6.07 Å². The van der Waals surface area contributed by atoms with E-state index in [0.29, 0.717) is 16.1 Å². The monoisotopic (exact) mass is 320 g/mol. The normalized spacial score (nSPS) is 11.6. The first-order valence-electron chi connectivity index (χ1n) is 5.83. The predicted molar refractivity (Wildman–Crippen MR) is 79.4 cm³/mol. The molecule has 2 aromatic rings. The average molecular weight is 321 g/mol. The quantitative estimate of drug-likeness (QED) is 0.638. The molecule has 106 valence electrons. The molecule has 0 fully saturated rings. The van der Waals surface area contributed by atoms with Gasteiger partial charge in [-0.1, -0.05) is 29.8 Å². The lowest BCUT2D eigenvalue weighted by molar-refractivity contribution is -0.387. The Bertz CT molecular complexity index is 771. The van der Waals surface area contributed by atoms with Crippen LogP contribution in [0.15, 0.2) is 47.4 Å². The maximum absolute atomic E-state index is 12.3. The van der Waals surface area contributed by atoms with Crippen LogP contribution in [0, 0.1) is 21.4 Å². The SMILES string of the molecule is N#Cc1ccc(CS(=O)c2ccccc2[N+](=O)[O-])c(Cl)c1. The summed E-state index contributed by atoms with van der Waals surface area (Å²) < 4.78 is 12.3. The van der Waals surface area contributed by atoms with E-state index in [1.54, 1.807) is 18.2 Å². The summed E-state index contributed by atoms with van der Waals surface area (Å²) in [5.41, 5.74) is 0.799. The van der Waals surface area contributed by atoms with Crippen molar-refractivity contribution in [3.63, 3.8) is 0 Å². The summed E-state index contributed by atoms with van der Waals surface area (Å²) in [6.07, 6.45) is 0. The summed E-state index contributed by atoms with van der Waals surface area (Å²) in [4.78, 5) is 10.5. The molecule has 1 unspecified atom stereocenters. The second kappa shape index (κ2) is 6.48. The molecule has 5 nitrogen and oxygen atoms in total. The maximum Gasteiger partial charge on any atom is 0.285 e. The van der Waals surface area contributed by atoms with E-state index < -0.39 is 15.7 Å². The molecule has 0 aliphatic rings. The van der Waals surface area contributed by atoms with Crippen molar-refractivity contribution in [3.05, 3.63) is 68.7 Å². The van der Waals surface area contributed by atoms with Crippen molar-refractivity contribution < 1.29 is 9.13 Å². The van der Waals surface area contributed by atoms with Gasteiger partial charge >= 0.3 is 0 Å². The van der Waals surface area contributed by atoms with Gasteiger partial charge in [-0.05, 0) is 23.8 Å². The second-order valence-corrected chi connectivity index (χ2v) is 5.96. The zero-order chi connectivity index (χ0) is 15.4. The summed E-state index contributed by atoms with van der Waals surface area (Å²) in [6, 6.07) is 12.5. The van der Waals surface area contributed by atoms with Gasteiger partial charge in [0.25, 0.3) is 5.69 Å². The second-order valence-electron chi connectivity index (χ2n) is 4.13. The molecule has 0 aliphatic carbocycles. The van der Waals surface area contributed by atoms with Crippen LogP contribution in [-0.4, -0.2) is 9.13 Å². The third kappa shape index (κ3) is 3.45. The van der Waals surface area contributed by atoms with Crippen molar-refractivity contribution in [3.8, 4) is 6.07 Å². The molecular formula is C14H9ClN2O3S. The van der Waals surface area contributed by atoms with Crippen molar-refractivity contribution in [2.45, 2.75) is 10.6 Å². The van der Waals surface area contributed by atoms with Crippen molar-refractivity contribution in [2.24, 2.45) is 0 Å². The van der Waals surface area contributed by atoms with Gasteiger partial charge in [0.1, 0.15) is 4.90 Å². The number of rotatable bonds is 4. The Kier molecular flexibility index (Phi) is 4.68. The molecule has 0 amide bonds.